The molecule has 21 heavy (non-hydrogen) atoms. The van der Waals surface area contributed by atoms with Gasteiger partial charge < -0.3 is 21.3 Å². The topological polar surface area (TPSA) is 133 Å². The molecule has 118 valence electrons. The minimum absolute atomic E-state index is 0.141. The van der Waals surface area contributed by atoms with E-state index in [0.717, 1.165) is 0 Å². The first-order chi connectivity index (χ1) is 10.1. The summed E-state index contributed by atoms with van der Waals surface area (Å²) in [7, 11) is 0. The van der Waals surface area contributed by atoms with Crippen molar-refractivity contribution in [3.63, 3.8) is 0 Å². The molecule has 3 amide bonds. The molecule has 0 aromatic carbocycles. The first-order valence-electron chi connectivity index (χ1n) is 6.53. The van der Waals surface area contributed by atoms with Gasteiger partial charge in [0.15, 0.2) is 0 Å². The van der Waals surface area contributed by atoms with Gasteiger partial charge in [0, 0.05) is 19.6 Å². The average Bonchev–Trinajstić information content (AvgIpc) is 2.49. The van der Waals surface area contributed by atoms with E-state index in [1.807, 2.05) is 0 Å². The molecule has 0 aliphatic carbocycles. The summed E-state index contributed by atoms with van der Waals surface area (Å²) < 4.78 is 0. The Morgan fingerprint density at radius 3 is 1.71 bits per heavy atom. The highest BCUT2D eigenvalue weighted by Crippen LogP contribution is 1.76. The molecule has 0 fully saturated rings. The summed E-state index contributed by atoms with van der Waals surface area (Å²) in [4.78, 5) is 52.5. The normalized spacial score (nSPS) is 9.52. The number of amides is 3. The van der Waals surface area contributed by atoms with E-state index in [2.05, 4.69) is 21.3 Å². The summed E-state index contributed by atoms with van der Waals surface area (Å²) in [5, 5.41) is 10.2. The van der Waals surface area contributed by atoms with E-state index in [0.29, 0.717) is 39.0 Å². The SMILES string of the molecule is O=CC(=O)NCCCNCC(=O)NCCCNC(=O)C=O. The molecule has 0 radical (unpaired) electrons. The van der Waals surface area contributed by atoms with Crippen molar-refractivity contribution in [2.45, 2.75) is 12.8 Å². The zero-order valence-electron chi connectivity index (χ0n) is 11.6. The van der Waals surface area contributed by atoms with Crippen LogP contribution in [0.5, 0.6) is 0 Å². The highest BCUT2D eigenvalue weighted by Gasteiger charge is 2.01. The first kappa shape index (κ1) is 18.7. The van der Waals surface area contributed by atoms with Gasteiger partial charge in [-0.15, -0.1) is 0 Å². The molecule has 0 spiro atoms. The largest absolute Gasteiger partial charge is 0.355 e. The monoisotopic (exact) mass is 300 g/mol. The first-order valence-corrected chi connectivity index (χ1v) is 6.53. The number of hydrogen-bond acceptors (Lipinski definition) is 6. The fourth-order valence-electron chi connectivity index (χ4n) is 1.30. The Morgan fingerprint density at radius 2 is 1.19 bits per heavy atom. The minimum Gasteiger partial charge on any atom is -0.355 e. The Morgan fingerprint density at radius 1 is 0.714 bits per heavy atom. The van der Waals surface area contributed by atoms with Gasteiger partial charge in [0.1, 0.15) is 0 Å². The van der Waals surface area contributed by atoms with Crippen LogP contribution in [0.4, 0.5) is 0 Å². The van der Waals surface area contributed by atoms with Gasteiger partial charge in [-0.1, -0.05) is 0 Å². The van der Waals surface area contributed by atoms with E-state index in [1.165, 1.54) is 0 Å². The molecule has 0 saturated heterocycles. The van der Waals surface area contributed by atoms with Gasteiger partial charge in [-0.25, -0.2) is 0 Å². The quantitative estimate of drug-likeness (QED) is 0.174. The van der Waals surface area contributed by atoms with Gasteiger partial charge in [-0.05, 0) is 19.4 Å². The Bertz CT molecular complexity index is 373. The molecule has 0 aromatic heterocycles. The number of carbonyl (C=O) groups excluding carboxylic acids is 5. The van der Waals surface area contributed by atoms with Crippen LogP contribution in [0, 0.1) is 0 Å². The lowest BCUT2D eigenvalue weighted by atomic mass is 10.4. The van der Waals surface area contributed by atoms with Crippen LogP contribution in [0.1, 0.15) is 12.8 Å². The van der Waals surface area contributed by atoms with Crippen molar-refractivity contribution < 1.29 is 24.0 Å². The number of carbonyl (C=O) groups is 5. The van der Waals surface area contributed by atoms with Crippen LogP contribution < -0.4 is 21.3 Å². The molecular weight excluding hydrogens is 280 g/mol. The van der Waals surface area contributed by atoms with E-state index in [9.17, 15) is 24.0 Å². The molecule has 0 heterocycles. The molecule has 9 nitrogen and oxygen atoms in total. The van der Waals surface area contributed by atoms with Crippen molar-refractivity contribution in [3.8, 4) is 0 Å². The zero-order valence-corrected chi connectivity index (χ0v) is 11.6. The maximum absolute atomic E-state index is 11.4. The summed E-state index contributed by atoms with van der Waals surface area (Å²) in [6, 6.07) is 0. The van der Waals surface area contributed by atoms with Gasteiger partial charge in [-0.3, -0.25) is 24.0 Å². The summed E-state index contributed by atoms with van der Waals surface area (Å²) in [6.45, 7) is 1.75. The molecule has 4 N–H and O–H groups in total. The van der Waals surface area contributed by atoms with Crippen LogP contribution in [-0.4, -0.2) is 63.0 Å². The van der Waals surface area contributed by atoms with Crippen LogP contribution in [0.25, 0.3) is 0 Å². The van der Waals surface area contributed by atoms with Crippen molar-refractivity contribution in [2.75, 3.05) is 32.7 Å². The predicted molar refractivity (Wildman–Crippen MR) is 73.3 cm³/mol. The number of nitrogens with one attached hydrogen (secondary N) is 4. The Hall–Kier alpha value is -2.29. The number of aldehydes is 2. The van der Waals surface area contributed by atoms with Crippen molar-refractivity contribution in [2.24, 2.45) is 0 Å². The van der Waals surface area contributed by atoms with Crippen LogP contribution in [0.15, 0.2) is 0 Å². The summed E-state index contributed by atoms with van der Waals surface area (Å²) in [5.74, 6) is -1.52. The molecule has 0 rings (SSSR count). The van der Waals surface area contributed by atoms with E-state index in [1.54, 1.807) is 0 Å². The average molecular weight is 300 g/mol. The molecule has 0 saturated carbocycles. The predicted octanol–water partition coefficient (Wildman–Crippen LogP) is -2.90. The van der Waals surface area contributed by atoms with Crippen LogP contribution in [-0.2, 0) is 24.0 Å². The van der Waals surface area contributed by atoms with Crippen molar-refractivity contribution in [3.05, 3.63) is 0 Å². The Labute approximate surface area is 122 Å². The van der Waals surface area contributed by atoms with E-state index < -0.39 is 11.8 Å². The molecule has 0 bridgehead atoms. The van der Waals surface area contributed by atoms with Crippen molar-refractivity contribution >= 4 is 30.3 Å². The van der Waals surface area contributed by atoms with Crippen LogP contribution in [0.3, 0.4) is 0 Å². The zero-order chi connectivity index (χ0) is 15.9. The molecule has 0 aromatic rings. The van der Waals surface area contributed by atoms with Gasteiger partial charge in [-0.2, -0.15) is 0 Å². The molecular formula is C12H20N4O5. The second kappa shape index (κ2) is 12.7. The maximum Gasteiger partial charge on any atom is 0.284 e. The van der Waals surface area contributed by atoms with Crippen molar-refractivity contribution in [1.82, 2.24) is 21.3 Å². The Balaban J connectivity index is 3.34. The van der Waals surface area contributed by atoms with Gasteiger partial charge in [0.2, 0.25) is 18.5 Å². The van der Waals surface area contributed by atoms with Crippen LogP contribution >= 0.6 is 0 Å². The second-order valence-electron chi connectivity index (χ2n) is 4.05. The van der Waals surface area contributed by atoms with Gasteiger partial charge in [0.05, 0.1) is 6.54 Å². The molecule has 0 atom stereocenters. The minimum atomic E-state index is -0.676. The lowest BCUT2D eigenvalue weighted by Gasteiger charge is -2.07. The van der Waals surface area contributed by atoms with E-state index >= 15 is 0 Å². The lowest BCUT2D eigenvalue weighted by molar-refractivity contribution is -0.131. The molecule has 0 aliphatic rings. The highest BCUT2D eigenvalue weighted by atomic mass is 16.2. The third-order valence-electron chi connectivity index (χ3n) is 2.30. The van der Waals surface area contributed by atoms with Gasteiger partial charge >= 0.3 is 0 Å². The van der Waals surface area contributed by atoms with Gasteiger partial charge in [0.25, 0.3) is 11.8 Å². The fraction of sp³-hybridized carbons (Fsp3) is 0.583. The van der Waals surface area contributed by atoms with Crippen molar-refractivity contribution in [1.29, 1.82) is 0 Å². The highest BCUT2D eigenvalue weighted by molar-refractivity contribution is 6.23. The number of rotatable bonds is 12. The third kappa shape index (κ3) is 12.5. The lowest BCUT2D eigenvalue weighted by Crippen LogP contribution is -2.36. The smallest absolute Gasteiger partial charge is 0.284 e. The third-order valence-corrected chi connectivity index (χ3v) is 2.30. The molecule has 9 heteroatoms. The summed E-state index contributed by atoms with van der Waals surface area (Å²) in [5.41, 5.74) is 0. The Kier molecular flexibility index (Phi) is 11.3. The second-order valence-corrected chi connectivity index (χ2v) is 4.05. The molecule has 0 unspecified atom stereocenters. The van der Waals surface area contributed by atoms with E-state index in [4.69, 9.17) is 0 Å². The standard InChI is InChI=1S/C12H20N4O5/c17-8-11(20)15-4-1-3-13-7-10(19)14-5-2-6-16-12(21)9-18/h8-9,13H,1-7H2,(H,14,19)(H,15,20)(H,16,21). The number of hydrogen-bond donors (Lipinski definition) is 4. The molecule has 0 aliphatic heterocycles. The summed E-state index contributed by atoms with van der Waals surface area (Å²) in [6.07, 6.45) is 1.53. The summed E-state index contributed by atoms with van der Waals surface area (Å²) >= 11 is 0. The van der Waals surface area contributed by atoms with Crippen LogP contribution in [0.2, 0.25) is 0 Å². The maximum atomic E-state index is 11.4. The van der Waals surface area contributed by atoms with E-state index in [-0.39, 0.29) is 25.0 Å². The fourth-order valence-corrected chi connectivity index (χ4v) is 1.30.